The highest BCUT2D eigenvalue weighted by atomic mass is 16.5. The van der Waals surface area contributed by atoms with Crippen LogP contribution in [0.3, 0.4) is 0 Å². The monoisotopic (exact) mass is 269 g/mol. The Bertz CT molecular complexity index is 377. The average Bonchev–Trinajstić information content (AvgIpc) is 2.85. The van der Waals surface area contributed by atoms with Gasteiger partial charge in [0.25, 0.3) is 0 Å². The van der Waals surface area contributed by atoms with Crippen LogP contribution in [0.5, 0.6) is 0 Å². The Morgan fingerprint density at radius 3 is 2.84 bits per heavy atom. The van der Waals surface area contributed by atoms with Crippen molar-refractivity contribution in [1.29, 1.82) is 0 Å². The molecule has 0 amide bonds. The summed E-state index contributed by atoms with van der Waals surface area (Å²) in [6.45, 7) is 3.80. The number of hydrogen-bond acceptors (Lipinski definition) is 5. The van der Waals surface area contributed by atoms with Crippen molar-refractivity contribution in [3.05, 3.63) is 23.5 Å². The minimum atomic E-state index is -0.349. The zero-order valence-electron chi connectivity index (χ0n) is 11.9. The van der Waals surface area contributed by atoms with E-state index in [4.69, 9.17) is 4.74 Å². The van der Waals surface area contributed by atoms with Gasteiger partial charge in [-0.15, -0.1) is 0 Å². The Morgan fingerprint density at radius 1 is 1.37 bits per heavy atom. The van der Waals surface area contributed by atoms with Gasteiger partial charge in [0.15, 0.2) is 0 Å². The summed E-state index contributed by atoms with van der Waals surface area (Å²) in [5.41, 5.74) is 1.43. The van der Waals surface area contributed by atoms with E-state index in [0.717, 1.165) is 25.4 Å². The quantitative estimate of drug-likeness (QED) is 0.504. The number of nitrogens with zero attached hydrogens (tertiary/aromatic N) is 1. The number of rotatable bonds is 9. The fourth-order valence-corrected chi connectivity index (χ4v) is 1.49. The molecule has 19 heavy (non-hydrogen) atoms. The Labute approximate surface area is 114 Å². The normalized spacial score (nSPS) is 10.9. The van der Waals surface area contributed by atoms with Crippen LogP contribution in [0.2, 0.25) is 0 Å². The second kappa shape index (κ2) is 8.68. The average molecular weight is 269 g/mol. The standard InChI is InChI=1S/C13H23N3O3/c1-16(2)7-9-19-8-6-14-10-11-4-5-12(15-11)13(17)18-3/h4-5,14-15H,6-10H2,1-3H3. The van der Waals surface area contributed by atoms with Gasteiger partial charge in [0.2, 0.25) is 0 Å². The van der Waals surface area contributed by atoms with Crippen LogP contribution in [0.1, 0.15) is 16.2 Å². The SMILES string of the molecule is COC(=O)c1ccc(CNCCOCCN(C)C)[nH]1. The first kappa shape index (κ1) is 15.7. The van der Waals surface area contributed by atoms with E-state index in [0.29, 0.717) is 18.8 Å². The molecular formula is C13H23N3O3. The van der Waals surface area contributed by atoms with Gasteiger partial charge in [-0.2, -0.15) is 0 Å². The largest absolute Gasteiger partial charge is 0.464 e. The van der Waals surface area contributed by atoms with Gasteiger partial charge in [0, 0.05) is 25.3 Å². The van der Waals surface area contributed by atoms with Crippen LogP contribution in [-0.4, -0.2) is 63.4 Å². The van der Waals surface area contributed by atoms with Gasteiger partial charge in [0.1, 0.15) is 5.69 Å². The van der Waals surface area contributed by atoms with Crippen molar-refractivity contribution in [3.8, 4) is 0 Å². The molecule has 0 saturated carbocycles. The van der Waals surface area contributed by atoms with E-state index in [1.54, 1.807) is 6.07 Å². The lowest BCUT2D eigenvalue weighted by Crippen LogP contribution is -2.23. The Hall–Kier alpha value is -1.37. The predicted octanol–water partition coefficient (Wildman–Crippen LogP) is 0.469. The number of esters is 1. The number of methoxy groups -OCH3 is 1. The van der Waals surface area contributed by atoms with Crippen LogP contribution >= 0.6 is 0 Å². The first-order valence-electron chi connectivity index (χ1n) is 6.33. The summed E-state index contributed by atoms with van der Waals surface area (Å²) in [5, 5.41) is 3.24. The van der Waals surface area contributed by atoms with Crippen LogP contribution < -0.4 is 5.32 Å². The molecule has 1 heterocycles. The molecule has 2 N–H and O–H groups in total. The second-order valence-electron chi connectivity index (χ2n) is 4.48. The van der Waals surface area contributed by atoms with Crippen LogP contribution in [0.25, 0.3) is 0 Å². The third kappa shape index (κ3) is 6.37. The van der Waals surface area contributed by atoms with Crippen molar-refractivity contribution < 1.29 is 14.3 Å². The highest BCUT2D eigenvalue weighted by Crippen LogP contribution is 2.02. The maximum Gasteiger partial charge on any atom is 0.354 e. The molecule has 0 fully saturated rings. The first-order chi connectivity index (χ1) is 9.13. The van der Waals surface area contributed by atoms with Crippen molar-refractivity contribution in [2.75, 3.05) is 47.5 Å². The maximum absolute atomic E-state index is 11.2. The maximum atomic E-state index is 11.2. The van der Waals surface area contributed by atoms with E-state index in [-0.39, 0.29) is 5.97 Å². The van der Waals surface area contributed by atoms with Crippen molar-refractivity contribution in [2.45, 2.75) is 6.54 Å². The number of nitrogens with one attached hydrogen (secondary N) is 2. The van der Waals surface area contributed by atoms with E-state index >= 15 is 0 Å². The van der Waals surface area contributed by atoms with Crippen LogP contribution in [0.4, 0.5) is 0 Å². The number of carbonyl (C=O) groups is 1. The molecule has 6 nitrogen and oxygen atoms in total. The molecule has 108 valence electrons. The van der Waals surface area contributed by atoms with Gasteiger partial charge in [-0.3, -0.25) is 0 Å². The highest BCUT2D eigenvalue weighted by Gasteiger charge is 2.07. The van der Waals surface area contributed by atoms with Crippen LogP contribution in [0, 0.1) is 0 Å². The van der Waals surface area contributed by atoms with Crippen molar-refractivity contribution in [2.24, 2.45) is 0 Å². The number of ether oxygens (including phenoxy) is 2. The Balaban J connectivity index is 2.09. The molecule has 1 aromatic rings. The van der Waals surface area contributed by atoms with Crippen LogP contribution in [0.15, 0.2) is 12.1 Å². The summed E-state index contributed by atoms with van der Waals surface area (Å²) >= 11 is 0. The Kier molecular flexibility index (Phi) is 7.17. The number of likely N-dealkylation sites (N-methyl/N-ethyl adjacent to an activating group) is 1. The molecule has 0 radical (unpaired) electrons. The predicted molar refractivity (Wildman–Crippen MR) is 73.2 cm³/mol. The number of hydrogen-bond donors (Lipinski definition) is 2. The lowest BCUT2D eigenvalue weighted by atomic mass is 10.4. The van der Waals surface area contributed by atoms with E-state index in [1.807, 2.05) is 20.2 Å². The number of aromatic amines is 1. The molecule has 0 aliphatic carbocycles. The molecule has 0 unspecified atom stereocenters. The van der Waals surface area contributed by atoms with Crippen molar-refractivity contribution >= 4 is 5.97 Å². The van der Waals surface area contributed by atoms with E-state index in [1.165, 1.54) is 7.11 Å². The lowest BCUT2D eigenvalue weighted by Gasteiger charge is -2.10. The summed E-state index contributed by atoms with van der Waals surface area (Å²) in [4.78, 5) is 16.3. The highest BCUT2D eigenvalue weighted by molar-refractivity contribution is 5.87. The van der Waals surface area contributed by atoms with E-state index < -0.39 is 0 Å². The number of aromatic nitrogens is 1. The van der Waals surface area contributed by atoms with E-state index in [9.17, 15) is 4.79 Å². The molecule has 0 saturated heterocycles. The van der Waals surface area contributed by atoms with Gasteiger partial charge in [0.05, 0.1) is 20.3 Å². The summed E-state index contributed by atoms with van der Waals surface area (Å²) in [5.74, 6) is -0.349. The van der Waals surface area contributed by atoms with E-state index in [2.05, 4.69) is 19.9 Å². The molecule has 0 bridgehead atoms. The second-order valence-corrected chi connectivity index (χ2v) is 4.48. The fraction of sp³-hybridized carbons (Fsp3) is 0.615. The zero-order valence-corrected chi connectivity index (χ0v) is 11.9. The number of H-pyrrole nitrogens is 1. The van der Waals surface area contributed by atoms with Crippen LogP contribution in [-0.2, 0) is 16.0 Å². The smallest absolute Gasteiger partial charge is 0.354 e. The molecule has 0 aliphatic rings. The van der Waals surface area contributed by atoms with Gasteiger partial charge >= 0.3 is 5.97 Å². The first-order valence-corrected chi connectivity index (χ1v) is 6.33. The van der Waals surface area contributed by atoms with Gasteiger partial charge in [-0.05, 0) is 26.2 Å². The molecule has 0 spiro atoms. The third-order valence-corrected chi connectivity index (χ3v) is 2.57. The molecule has 1 rings (SSSR count). The topological polar surface area (TPSA) is 66.6 Å². The minimum absolute atomic E-state index is 0.349. The van der Waals surface area contributed by atoms with Crippen molar-refractivity contribution in [3.63, 3.8) is 0 Å². The van der Waals surface area contributed by atoms with Crippen molar-refractivity contribution in [1.82, 2.24) is 15.2 Å². The molecule has 1 aromatic heterocycles. The van der Waals surface area contributed by atoms with Gasteiger partial charge in [-0.25, -0.2) is 4.79 Å². The number of carbonyl (C=O) groups excluding carboxylic acids is 1. The van der Waals surface area contributed by atoms with Gasteiger partial charge < -0.3 is 24.7 Å². The Morgan fingerprint density at radius 2 is 2.16 bits per heavy atom. The molecular weight excluding hydrogens is 246 g/mol. The molecule has 6 heteroatoms. The summed E-state index contributed by atoms with van der Waals surface area (Å²) < 4.78 is 10.1. The molecule has 0 aromatic carbocycles. The molecule has 0 atom stereocenters. The lowest BCUT2D eigenvalue weighted by molar-refractivity contribution is 0.0594. The fourth-order valence-electron chi connectivity index (χ4n) is 1.49. The minimum Gasteiger partial charge on any atom is -0.464 e. The third-order valence-electron chi connectivity index (χ3n) is 2.57. The summed E-state index contributed by atoms with van der Waals surface area (Å²) in [6.07, 6.45) is 0. The van der Waals surface area contributed by atoms with Gasteiger partial charge in [-0.1, -0.05) is 0 Å². The zero-order chi connectivity index (χ0) is 14.1. The molecule has 0 aliphatic heterocycles. The summed E-state index contributed by atoms with van der Waals surface area (Å²) in [6, 6.07) is 3.59. The summed E-state index contributed by atoms with van der Waals surface area (Å²) in [7, 11) is 5.41.